The van der Waals surface area contributed by atoms with Gasteiger partial charge in [-0.3, -0.25) is 9.36 Å². The van der Waals surface area contributed by atoms with Crippen LogP contribution in [0.25, 0.3) is 11.8 Å². The fourth-order valence-electron chi connectivity index (χ4n) is 4.94. The Morgan fingerprint density at radius 1 is 1.04 bits per heavy atom. The highest BCUT2D eigenvalue weighted by molar-refractivity contribution is 9.10. The van der Waals surface area contributed by atoms with Crippen molar-refractivity contribution < 1.29 is 24.2 Å². The maximum Gasteiger partial charge on any atom is 0.338 e. The van der Waals surface area contributed by atoms with Gasteiger partial charge in [0.1, 0.15) is 18.4 Å². The molecule has 5 aromatic rings. The third kappa shape index (κ3) is 6.32. The fraction of sp³-hybridized carbons (Fsp3) is 0.118. The van der Waals surface area contributed by atoms with Crippen LogP contribution in [-0.4, -0.2) is 28.2 Å². The number of thiazole rings is 1. The Hall–Kier alpha value is -4.58. The topological polar surface area (TPSA) is 107 Å². The largest absolute Gasteiger partial charge is 0.488 e. The van der Waals surface area contributed by atoms with E-state index in [9.17, 15) is 14.4 Å². The molecule has 11 heteroatoms. The number of benzene rings is 3. The van der Waals surface area contributed by atoms with E-state index in [0.29, 0.717) is 30.8 Å². The van der Waals surface area contributed by atoms with E-state index in [4.69, 9.17) is 19.6 Å². The van der Waals surface area contributed by atoms with E-state index in [1.165, 1.54) is 34.8 Å². The molecule has 1 aliphatic heterocycles. The molecule has 1 atom stereocenters. The number of carbonyl (C=O) groups is 2. The monoisotopic (exact) mass is 700 g/mol. The third-order valence-electron chi connectivity index (χ3n) is 7.04. The van der Waals surface area contributed by atoms with Gasteiger partial charge in [-0.1, -0.05) is 65.9 Å². The molecule has 6 rings (SSSR count). The summed E-state index contributed by atoms with van der Waals surface area (Å²) in [7, 11) is 0. The van der Waals surface area contributed by atoms with E-state index < -0.39 is 18.0 Å². The number of esters is 1. The molecule has 0 amide bonds. The summed E-state index contributed by atoms with van der Waals surface area (Å²) < 4.78 is 14.2. The highest BCUT2D eigenvalue weighted by atomic mass is 79.9. The van der Waals surface area contributed by atoms with Crippen LogP contribution in [-0.2, 0) is 16.1 Å². The molecule has 3 heterocycles. The molecule has 0 saturated carbocycles. The smallest absolute Gasteiger partial charge is 0.338 e. The molecule has 0 radical (unpaired) electrons. The van der Waals surface area contributed by atoms with Gasteiger partial charge in [0.25, 0.3) is 5.56 Å². The number of hydrogen-bond acceptors (Lipinski definition) is 8. The molecular weight excluding hydrogens is 676 g/mol. The Kier molecular flexibility index (Phi) is 8.92. The Labute approximate surface area is 274 Å². The lowest BCUT2D eigenvalue weighted by molar-refractivity contribution is -0.138. The number of aromatic carboxylic acids is 1. The molecule has 0 saturated heterocycles. The highest BCUT2D eigenvalue weighted by Crippen LogP contribution is 2.37. The number of halogens is 1. The molecule has 8 nitrogen and oxygen atoms in total. The van der Waals surface area contributed by atoms with Crippen molar-refractivity contribution in [3.05, 3.63) is 147 Å². The molecule has 45 heavy (non-hydrogen) atoms. The second kappa shape index (κ2) is 13.2. The zero-order valence-electron chi connectivity index (χ0n) is 23.8. The maximum atomic E-state index is 14.0. The molecule has 1 N–H and O–H groups in total. The van der Waals surface area contributed by atoms with Gasteiger partial charge in [0.15, 0.2) is 4.80 Å². The predicted molar refractivity (Wildman–Crippen MR) is 177 cm³/mol. The Bertz CT molecular complexity index is 2100. The second-order valence-corrected chi connectivity index (χ2v) is 12.8. The van der Waals surface area contributed by atoms with Crippen molar-refractivity contribution in [2.45, 2.75) is 19.6 Å². The fourth-order valence-corrected chi connectivity index (χ4v) is 7.27. The number of ether oxygens (including phenoxy) is 2. The van der Waals surface area contributed by atoms with E-state index in [2.05, 4.69) is 15.9 Å². The molecule has 0 bridgehead atoms. The Morgan fingerprint density at radius 2 is 1.82 bits per heavy atom. The van der Waals surface area contributed by atoms with Gasteiger partial charge in [-0.2, -0.15) is 0 Å². The van der Waals surface area contributed by atoms with Gasteiger partial charge < -0.3 is 14.6 Å². The first-order valence-electron chi connectivity index (χ1n) is 13.9. The summed E-state index contributed by atoms with van der Waals surface area (Å²) in [6.07, 6.45) is 1.80. The quantitative estimate of drug-likeness (QED) is 0.188. The van der Waals surface area contributed by atoms with Gasteiger partial charge >= 0.3 is 11.9 Å². The SMILES string of the molecule is CCOC(=O)C1=C(c2ccccc2)N=c2s/c(=C/c3ccc(OCc4ccc(C(=O)O)cc4)c(Br)c3)c(=O)n2[C@H]1c1cccs1. The second-order valence-electron chi connectivity index (χ2n) is 9.93. The molecule has 0 unspecified atom stereocenters. The lowest BCUT2D eigenvalue weighted by Crippen LogP contribution is -2.39. The number of aromatic nitrogens is 1. The van der Waals surface area contributed by atoms with Crippen molar-refractivity contribution >= 4 is 62.3 Å². The normalized spacial score (nSPS) is 14.5. The molecule has 3 aromatic carbocycles. The lowest BCUT2D eigenvalue weighted by Gasteiger charge is -2.24. The van der Waals surface area contributed by atoms with Crippen molar-refractivity contribution in [2.24, 2.45) is 4.99 Å². The van der Waals surface area contributed by atoms with E-state index >= 15 is 0 Å². The Balaban J connectivity index is 1.38. The van der Waals surface area contributed by atoms with Crippen molar-refractivity contribution in [3.8, 4) is 5.75 Å². The molecule has 1 aliphatic rings. The average molecular weight is 702 g/mol. The number of carboxylic acids is 1. The molecule has 0 fully saturated rings. The molecular formula is C34H25BrN2O6S2. The minimum Gasteiger partial charge on any atom is -0.488 e. The third-order valence-corrected chi connectivity index (χ3v) is 9.56. The average Bonchev–Trinajstić information content (AvgIpc) is 3.69. The lowest BCUT2D eigenvalue weighted by atomic mass is 9.97. The van der Waals surface area contributed by atoms with Crippen LogP contribution >= 0.6 is 38.6 Å². The number of hydrogen-bond donors (Lipinski definition) is 1. The van der Waals surface area contributed by atoms with Gasteiger partial charge in [-0.15, -0.1) is 11.3 Å². The van der Waals surface area contributed by atoms with Crippen molar-refractivity contribution in [3.63, 3.8) is 0 Å². The Morgan fingerprint density at radius 3 is 2.49 bits per heavy atom. The minimum atomic E-state index is -0.980. The van der Waals surface area contributed by atoms with E-state index in [1.807, 2.05) is 60.0 Å². The number of thiophene rings is 1. The number of carbonyl (C=O) groups excluding carboxylic acids is 1. The van der Waals surface area contributed by atoms with Crippen LogP contribution in [0.1, 0.15) is 44.9 Å². The standard InChI is InChI=1S/C34H25BrN2O6S2/c1-2-42-33(41)28-29(22-7-4-3-5-8-22)36-34-37(30(28)26-9-6-16-44-26)31(38)27(45-34)18-21-12-15-25(24(35)17-21)43-19-20-10-13-23(14-11-20)32(39)40/h3-18,30H,2,19H2,1H3,(H,39,40)/b27-18+/t30-/m0/s1. The van der Waals surface area contributed by atoms with E-state index in [-0.39, 0.29) is 24.3 Å². The summed E-state index contributed by atoms with van der Waals surface area (Å²) in [6, 6.07) is 24.6. The summed E-state index contributed by atoms with van der Waals surface area (Å²) >= 11 is 6.30. The predicted octanol–water partition coefficient (Wildman–Crippen LogP) is 6.04. The van der Waals surface area contributed by atoms with Crippen LogP contribution in [0, 0.1) is 0 Å². The van der Waals surface area contributed by atoms with Gasteiger partial charge in [0, 0.05) is 10.4 Å². The van der Waals surface area contributed by atoms with Gasteiger partial charge in [0.2, 0.25) is 0 Å². The highest BCUT2D eigenvalue weighted by Gasteiger charge is 2.35. The summed E-state index contributed by atoms with van der Waals surface area (Å²) in [5, 5.41) is 11.0. The van der Waals surface area contributed by atoms with E-state index in [1.54, 1.807) is 35.8 Å². The number of nitrogens with zero attached hydrogens (tertiary/aromatic N) is 2. The maximum absolute atomic E-state index is 14.0. The number of fused-ring (bicyclic) bond motifs is 1. The first kappa shape index (κ1) is 30.4. The molecule has 0 aliphatic carbocycles. The molecule has 226 valence electrons. The first-order valence-corrected chi connectivity index (χ1v) is 16.4. The van der Waals surface area contributed by atoms with Crippen LogP contribution in [0.15, 0.2) is 110 Å². The zero-order valence-corrected chi connectivity index (χ0v) is 27.0. The van der Waals surface area contributed by atoms with Crippen LogP contribution in [0.5, 0.6) is 5.75 Å². The van der Waals surface area contributed by atoms with E-state index in [0.717, 1.165) is 21.6 Å². The van der Waals surface area contributed by atoms with Crippen LogP contribution in [0.4, 0.5) is 0 Å². The van der Waals surface area contributed by atoms with Gasteiger partial charge in [0.05, 0.1) is 32.4 Å². The number of rotatable bonds is 9. The van der Waals surface area contributed by atoms with Gasteiger partial charge in [-0.25, -0.2) is 14.6 Å². The summed E-state index contributed by atoms with van der Waals surface area (Å²) in [6.45, 7) is 2.20. The summed E-state index contributed by atoms with van der Waals surface area (Å²) in [4.78, 5) is 44.8. The molecule has 0 spiro atoms. The van der Waals surface area contributed by atoms with Crippen LogP contribution in [0.3, 0.4) is 0 Å². The van der Waals surface area contributed by atoms with Crippen molar-refractivity contribution in [2.75, 3.05) is 6.61 Å². The minimum absolute atomic E-state index is 0.192. The number of carboxylic acid groups (broad SMARTS) is 1. The zero-order chi connectivity index (χ0) is 31.5. The molecule has 2 aromatic heterocycles. The van der Waals surface area contributed by atoms with Crippen molar-refractivity contribution in [1.29, 1.82) is 0 Å². The van der Waals surface area contributed by atoms with Crippen molar-refractivity contribution in [1.82, 2.24) is 4.57 Å². The summed E-state index contributed by atoms with van der Waals surface area (Å²) in [5.41, 5.74) is 3.13. The van der Waals surface area contributed by atoms with Gasteiger partial charge in [-0.05, 0) is 75.8 Å². The first-order chi connectivity index (χ1) is 21.8. The van der Waals surface area contributed by atoms with Crippen LogP contribution in [0.2, 0.25) is 0 Å². The van der Waals surface area contributed by atoms with Crippen LogP contribution < -0.4 is 19.6 Å². The summed E-state index contributed by atoms with van der Waals surface area (Å²) in [5.74, 6) is -0.892.